The van der Waals surface area contributed by atoms with E-state index in [4.69, 9.17) is 0 Å². The summed E-state index contributed by atoms with van der Waals surface area (Å²) >= 11 is 0. The number of carbonyl (C=O) groups is 1. The zero-order valence-corrected chi connectivity index (χ0v) is 13.7. The first-order valence-electron chi connectivity index (χ1n) is 7.62. The van der Waals surface area contributed by atoms with Crippen LogP contribution in [0.15, 0.2) is 48.5 Å². The summed E-state index contributed by atoms with van der Waals surface area (Å²) in [6.07, 6.45) is 0. The van der Waals surface area contributed by atoms with E-state index in [1.54, 1.807) is 18.2 Å². The SMILES string of the molecule is CN(Cc1nc2ccccc2n1C(F)F)C(=O)c1ccc([N+](=O)[O-])cc1. The van der Waals surface area contributed by atoms with Gasteiger partial charge >= 0.3 is 6.55 Å². The summed E-state index contributed by atoms with van der Waals surface area (Å²) in [7, 11) is 1.46. The lowest BCUT2D eigenvalue weighted by Gasteiger charge is -2.17. The monoisotopic (exact) mass is 360 g/mol. The normalized spacial score (nSPS) is 11.1. The van der Waals surface area contributed by atoms with Crippen LogP contribution in [-0.2, 0) is 6.54 Å². The molecule has 0 bridgehead atoms. The number of halogens is 2. The molecule has 9 heteroatoms. The van der Waals surface area contributed by atoms with Crippen LogP contribution in [0.1, 0.15) is 22.7 Å². The minimum absolute atomic E-state index is 0.0546. The molecule has 1 amide bonds. The molecule has 0 saturated carbocycles. The first kappa shape index (κ1) is 17.5. The molecule has 134 valence electrons. The van der Waals surface area contributed by atoms with Crippen molar-refractivity contribution in [2.75, 3.05) is 7.05 Å². The number of nitrogens with zero attached hydrogens (tertiary/aromatic N) is 4. The Balaban J connectivity index is 1.86. The second-order valence-corrected chi connectivity index (χ2v) is 5.63. The molecule has 0 atom stereocenters. The number of carbonyl (C=O) groups excluding carboxylic acids is 1. The van der Waals surface area contributed by atoms with Crippen LogP contribution in [0.3, 0.4) is 0 Å². The van der Waals surface area contributed by atoms with E-state index in [1.807, 2.05) is 0 Å². The van der Waals surface area contributed by atoms with Gasteiger partial charge in [-0.15, -0.1) is 0 Å². The van der Waals surface area contributed by atoms with Crippen molar-refractivity contribution in [3.8, 4) is 0 Å². The van der Waals surface area contributed by atoms with E-state index < -0.39 is 17.4 Å². The van der Waals surface area contributed by atoms with Crippen molar-refractivity contribution in [1.29, 1.82) is 0 Å². The van der Waals surface area contributed by atoms with Crippen molar-refractivity contribution >= 4 is 22.6 Å². The summed E-state index contributed by atoms with van der Waals surface area (Å²) in [6.45, 7) is -2.92. The number of hydrogen-bond acceptors (Lipinski definition) is 4. The van der Waals surface area contributed by atoms with Gasteiger partial charge < -0.3 is 4.90 Å². The second-order valence-electron chi connectivity index (χ2n) is 5.63. The third-order valence-corrected chi connectivity index (χ3v) is 3.91. The van der Waals surface area contributed by atoms with Gasteiger partial charge in [-0.05, 0) is 24.3 Å². The Bertz CT molecular complexity index is 970. The maximum atomic E-state index is 13.4. The van der Waals surface area contributed by atoms with E-state index >= 15 is 0 Å². The van der Waals surface area contributed by atoms with Crippen LogP contribution >= 0.6 is 0 Å². The highest BCUT2D eigenvalue weighted by Crippen LogP contribution is 2.24. The Morgan fingerprint density at radius 3 is 2.50 bits per heavy atom. The minimum Gasteiger partial charge on any atom is -0.334 e. The third kappa shape index (κ3) is 3.23. The lowest BCUT2D eigenvalue weighted by Crippen LogP contribution is -2.27. The molecule has 26 heavy (non-hydrogen) atoms. The maximum Gasteiger partial charge on any atom is 0.320 e. The van der Waals surface area contributed by atoms with Gasteiger partial charge in [0.2, 0.25) is 0 Å². The summed E-state index contributed by atoms with van der Waals surface area (Å²) in [5.74, 6) is -0.397. The molecular weight excluding hydrogens is 346 g/mol. The number of fused-ring (bicyclic) bond motifs is 1. The van der Waals surface area contributed by atoms with E-state index in [0.29, 0.717) is 5.52 Å². The van der Waals surface area contributed by atoms with Crippen molar-refractivity contribution in [3.63, 3.8) is 0 Å². The predicted molar refractivity (Wildman–Crippen MR) is 89.9 cm³/mol. The fourth-order valence-corrected chi connectivity index (χ4v) is 2.65. The number of nitro benzene ring substituents is 1. The zero-order valence-electron chi connectivity index (χ0n) is 13.7. The predicted octanol–water partition coefficient (Wildman–Crippen LogP) is 3.61. The van der Waals surface area contributed by atoms with Crippen LogP contribution in [0.2, 0.25) is 0 Å². The second kappa shape index (κ2) is 6.87. The van der Waals surface area contributed by atoms with Crippen LogP contribution < -0.4 is 0 Å². The number of nitro groups is 1. The number of rotatable bonds is 5. The quantitative estimate of drug-likeness (QED) is 0.514. The molecule has 7 nitrogen and oxygen atoms in total. The fraction of sp³-hybridized carbons (Fsp3) is 0.176. The van der Waals surface area contributed by atoms with Crippen molar-refractivity contribution < 1.29 is 18.5 Å². The third-order valence-electron chi connectivity index (χ3n) is 3.91. The largest absolute Gasteiger partial charge is 0.334 e. The highest BCUT2D eigenvalue weighted by atomic mass is 19.3. The van der Waals surface area contributed by atoms with Crippen molar-refractivity contribution in [2.45, 2.75) is 13.1 Å². The number of para-hydroxylation sites is 2. The molecule has 1 aromatic heterocycles. The van der Waals surface area contributed by atoms with Crippen molar-refractivity contribution in [1.82, 2.24) is 14.5 Å². The number of alkyl halides is 2. The molecule has 0 aliphatic rings. The standard InChI is InChI=1S/C17H14F2N4O3/c1-21(16(24)11-6-8-12(9-7-11)23(25)26)10-15-20-13-4-2-3-5-14(13)22(15)17(18)19/h2-9,17H,10H2,1H3. The summed E-state index contributed by atoms with van der Waals surface area (Å²) in [5, 5.41) is 10.7. The van der Waals surface area contributed by atoms with Gasteiger partial charge in [0.05, 0.1) is 22.5 Å². The van der Waals surface area contributed by atoms with Crippen molar-refractivity contribution in [3.05, 3.63) is 70.0 Å². The molecule has 2 aromatic carbocycles. The zero-order chi connectivity index (χ0) is 18.8. The highest BCUT2D eigenvalue weighted by Gasteiger charge is 2.21. The van der Waals surface area contributed by atoms with E-state index in [2.05, 4.69) is 4.98 Å². The average Bonchev–Trinajstić information content (AvgIpc) is 2.99. The molecule has 3 rings (SSSR count). The Hall–Kier alpha value is -3.36. The molecule has 0 unspecified atom stereocenters. The lowest BCUT2D eigenvalue weighted by molar-refractivity contribution is -0.384. The highest BCUT2D eigenvalue weighted by molar-refractivity contribution is 5.94. The van der Waals surface area contributed by atoms with Gasteiger partial charge in [0, 0.05) is 24.7 Å². The average molecular weight is 360 g/mol. The van der Waals surface area contributed by atoms with E-state index in [0.717, 1.165) is 4.57 Å². The molecule has 0 N–H and O–H groups in total. The van der Waals surface area contributed by atoms with Gasteiger partial charge in [0.1, 0.15) is 5.82 Å². The van der Waals surface area contributed by atoms with Crippen LogP contribution in [0, 0.1) is 10.1 Å². The topological polar surface area (TPSA) is 81.3 Å². The van der Waals surface area contributed by atoms with E-state index in [1.165, 1.54) is 42.3 Å². The van der Waals surface area contributed by atoms with Crippen LogP contribution in [0.4, 0.5) is 14.5 Å². The summed E-state index contributed by atoms with van der Waals surface area (Å²) < 4.78 is 27.7. The smallest absolute Gasteiger partial charge is 0.320 e. The molecular formula is C17H14F2N4O3. The molecule has 0 saturated heterocycles. The molecule has 1 heterocycles. The lowest BCUT2D eigenvalue weighted by atomic mass is 10.2. The van der Waals surface area contributed by atoms with Crippen molar-refractivity contribution in [2.24, 2.45) is 0 Å². The van der Waals surface area contributed by atoms with Gasteiger partial charge in [-0.1, -0.05) is 12.1 Å². The number of benzene rings is 2. The number of hydrogen-bond donors (Lipinski definition) is 0. The summed E-state index contributed by atoms with van der Waals surface area (Å²) in [4.78, 5) is 28.0. The molecule has 0 radical (unpaired) electrons. The number of non-ortho nitro benzene ring substituents is 1. The molecule has 0 aliphatic carbocycles. The summed E-state index contributed by atoms with van der Waals surface area (Å²) in [6, 6.07) is 11.6. The molecule has 3 aromatic rings. The number of amides is 1. The Labute approximate surface area is 146 Å². The van der Waals surface area contributed by atoms with Gasteiger partial charge in [-0.25, -0.2) is 4.98 Å². The van der Waals surface area contributed by atoms with Crippen LogP contribution in [0.5, 0.6) is 0 Å². The molecule has 0 aliphatic heterocycles. The fourth-order valence-electron chi connectivity index (χ4n) is 2.65. The van der Waals surface area contributed by atoms with Crippen LogP contribution in [0.25, 0.3) is 11.0 Å². The first-order valence-corrected chi connectivity index (χ1v) is 7.62. The van der Waals surface area contributed by atoms with Gasteiger partial charge in [-0.2, -0.15) is 8.78 Å². The summed E-state index contributed by atoms with van der Waals surface area (Å²) in [5.41, 5.74) is 0.786. The van der Waals surface area contributed by atoms with Gasteiger partial charge in [-0.3, -0.25) is 19.5 Å². The number of aromatic nitrogens is 2. The maximum absolute atomic E-state index is 13.4. The van der Waals surface area contributed by atoms with Gasteiger partial charge in [0.15, 0.2) is 0 Å². The Morgan fingerprint density at radius 2 is 1.88 bits per heavy atom. The first-order chi connectivity index (χ1) is 12.4. The Morgan fingerprint density at radius 1 is 1.23 bits per heavy atom. The van der Waals surface area contributed by atoms with Crippen LogP contribution in [-0.4, -0.2) is 32.3 Å². The molecule has 0 spiro atoms. The van der Waals surface area contributed by atoms with E-state index in [-0.39, 0.29) is 29.1 Å². The molecule has 0 fully saturated rings. The van der Waals surface area contributed by atoms with Gasteiger partial charge in [0.25, 0.3) is 11.6 Å². The van der Waals surface area contributed by atoms with E-state index in [9.17, 15) is 23.7 Å². The minimum atomic E-state index is -2.79. The Kier molecular flexibility index (Phi) is 4.61. The number of imidazole rings is 1.